The lowest BCUT2D eigenvalue weighted by Crippen LogP contribution is -2.57. The lowest BCUT2D eigenvalue weighted by molar-refractivity contribution is 0.0620. The molecular formula is C14H17ClN2O2. The maximum Gasteiger partial charge on any atom is 0.251 e. The minimum atomic E-state index is -0.111. The summed E-state index contributed by atoms with van der Waals surface area (Å²) in [5, 5.41) is 12.7. The van der Waals surface area contributed by atoms with E-state index in [0.29, 0.717) is 11.5 Å². The van der Waals surface area contributed by atoms with Crippen LogP contribution in [0.15, 0.2) is 18.2 Å². The van der Waals surface area contributed by atoms with Gasteiger partial charge in [0.15, 0.2) is 0 Å². The van der Waals surface area contributed by atoms with E-state index in [0.717, 1.165) is 19.6 Å². The Morgan fingerprint density at radius 2 is 2.11 bits per heavy atom. The summed E-state index contributed by atoms with van der Waals surface area (Å²) in [6.45, 7) is 3.26. The molecule has 3 aliphatic rings. The van der Waals surface area contributed by atoms with Crippen molar-refractivity contribution in [2.45, 2.75) is 18.9 Å². The van der Waals surface area contributed by atoms with E-state index in [1.807, 2.05) is 0 Å². The number of phenolic OH excluding ortho intramolecular Hbond substituents is 1. The van der Waals surface area contributed by atoms with E-state index in [-0.39, 0.29) is 22.7 Å². The molecule has 0 aliphatic carbocycles. The van der Waals surface area contributed by atoms with Gasteiger partial charge in [-0.05, 0) is 50.0 Å². The van der Waals surface area contributed by atoms with Crippen molar-refractivity contribution >= 4 is 17.5 Å². The molecule has 19 heavy (non-hydrogen) atoms. The summed E-state index contributed by atoms with van der Waals surface area (Å²) in [4.78, 5) is 14.6. The van der Waals surface area contributed by atoms with Crippen molar-refractivity contribution in [3.8, 4) is 5.75 Å². The lowest BCUT2D eigenvalue weighted by atomic mass is 9.84. The normalized spacial score (nSPS) is 29.2. The average Bonchev–Trinajstić information content (AvgIpc) is 2.43. The Labute approximate surface area is 117 Å². The third-order valence-electron chi connectivity index (χ3n) is 4.18. The van der Waals surface area contributed by atoms with Gasteiger partial charge in [0, 0.05) is 18.2 Å². The Hall–Kier alpha value is -1.26. The third kappa shape index (κ3) is 2.55. The van der Waals surface area contributed by atoms with Crippen LogP contribution in [0, 0.1) is 5.92 Å². The van der Waals surface area contributed by atoms with Crippen LogP contribution in [0.25, 0.3) is 0 Å². The largest absolute Gasteiger partial charge is 0.506 e. The summed E-state index contributed by atoms with van der Waals surface area (Å²) in [6, 6.07) is 4.79. The molecule has 2 bridgehead atoms. The van der Waals surface area contributed by atoms with Crippen LogP contribution < -0.4 is 5.32 Å². The van der Waals surface area contributed by atoms with Crippen LogP contribution in [-0.2, 0) is 0 Å². The number of piperidine rings is 3. The van der Waals surface area contributed by atoms with Gasteiger partial charge in [-0.2, -0.15) is 0 Å². The van der Waals surface area contributed by atoms with Crippen LogP contribution >= 0.6 is 11.6 Å². The van der Waals surface area contributed by atoms with Crippen molar-refractivity contribution in [1.29, 1.82) is 0 Å². The van der Waals surface area contributed by atoms with Gasteiger partial charge in [0.2, 0.25) is 0 Å². The minimum absolute atomic E-state index is 0.000973. The Morgan fingerprint density at radius 1 is 1.37 bits per heavy atom. The number of fused-ring (bicyclic) bond motifs is 3. The Morgan fingerprint density at radius 3 is 2.68 bits per heavy atom. The molecule has 1 atom stereocenters. The molecule has 1 aromatic rings. The van der Waals surface area contributed by atoms with Crippen LogP contribution in [-0.4, -0.2) is 41.6 Å². The monoisotopic (exact) mass is 280 g/mol. The zero-order chi connectivity index (χ0) is 13.4. The summed E-state index contributed by atoms with van der Waals surface area (Å²) in [5.74, 6) is 0.489. The first-order valence-electron chi connectivity index (χ1n) is 6.65. The van der Waals surface area contributed by atoms with E-state index in [4.69, 9.17) is 11.6 Å². The molecule has 0 radical (unpaired) electrons. The highest BCUT2D eigenvalue weighted by molar-refractivity contribution is 6.32. The van der Waals surface area contributed by atoms with Gasteiger partial charge in [-0.1, -0.05) is 11.6 Å². The van der Waals surface area contributed by atoms with Gasteiger partial charge in [-0.3, -0.25) is 4.79 Å². The summed E-state index contributed by atoms with van der Waals surface area (Å²) in [7, 11) is 0. The van der Waals surface area contributed by atoms with Crippen LogP contribution in [0.4, 0.5) is 0 Å². The van der Waals surface area contributed by atoms with Crippen LogP contribution in [0.2, 0.25) is 5.02 Å². The SMILES string of the molecule is O=C(NC1CN2CCC1CC2)c1ccc(O)c(Cl)c1. The number of carbonyl (C=O) groups excluding carboxylic acids is 1. The molecule has 2 N–H and O–H groups in total. The first-order valence-corrected chi connectivity index (χ1v) is 7.03. The van der Waals surface area contributed by atoms with E-state index < -0.39 is 0 Å². The highest BCUT2D eigenvalue weighted by atomic mass is 35.5. The maximum atomic E-state index is 12.2. The molecule has 1 aromatic carbocycles. The van der Waals surface area contributed by atoms with Crippen LogP contribution in [0.1, 0.15) is 23.2 Å². The highest BCUT2D eigenvalue weighted by Crippen LogP contribution is 2.28. The number of nitrogens with zero attached hydrogens (tertiary/aromatic N) is 1. The Kier molecular flexibility index (Phi) is 3.37. The van der Waals surface area contributed by atoms with E-state index in [2.05, 4.69) is 10.2 Å². The summed E-state index contributed by atoms with van der Waals surface area (Å²) in [6.07, 6.45) is 2.34. The van der Waals surface area contributed by atoms with Gasteiger partial charge in [0.1, 0.15) is 5.75 Å². The van der Waals surface area contributed by atoms with Gasteiger partial charge in [0.25, 0.3) is 5.91 Å². The molecular weight excluding hydrogens is 264 g/mol. The number of carbonyl (C=O) groups is 1. The van der Waals surface area contributed by atoms with Crippen LogP contribution in [0.3, 0.4) is 0 Å². The fourth-order valence-corrected chi connectivity index (χ4v) is 3.21. The molecule has 0 aromatic heterocycles. The number of nitrogens with one attached hydrogen (secondary N) is 1. The maximum absolute atomic E-state index is 12.2. The molecule has 102 valence electrons. The van der Waals surface area contributed by atoms with Crippen molar-refractivity contribution in [3.63, 3.8) is 0 Å². The van der Waals surface area contributed by atoms with Crippen molar-refractivity contribution in [2.24, 2.45) is 5.92 Å². The fourth-order valence-electron chi connectivity index (χ4n) is 3.03. The van der Waals surface area contributed by atoms with E-state index in [1.165, 1.54) is 25.0 Å². The molecule has 1 amide bonds. The van der Waals surface area contributed by atoms with Gasteiger partial charge in [-0.15, -0.1) is 0 Å². The number of phenols is 1. The predicted molar refractivity (Wildman–Crippen MR) is 73.5 cm³/mol. The number of hydrogen-bond acceptors (Lipinski definition) is 3. The molecule has 3 heterocycles. The van der Waals surface area contributed by atoms with Gasteiger partial charge < -0.3 is 15.3 Å². The Balaban J connectivity index is 1.69. The number of halogens is 1. The average molecular weight is 281 g/mol. The second-order valence-corrected chi connectivity index (χ2v) is 5.79. The van der Waals surface area contributed by atoms with Crippen molar-refractivity contribution in [2.75, 3.05) is 19.6 Å². The highest BCUT2D eigenvalue weighted by Gasteiger charge is 2.34. The Bertz CT molecular complexity index is 498. The first-order chi connectivity index (χ1) is 9.13. The zero-order valence-corrected chi connectivity index (χ0v) is 11.4. The smallest absolute Gasteiger partial charge is 0.251 e. The predicted octanol–water partition coefficient (Wildman–Crippen LogP) is 1.87. The summed E-state index contributed by atoms with van der Waals surface area (Å²) >= 11 is 5.83. The second kappa shape index (κ2) is 5.02. The van der Waals surface area contributed by atoms with Crippen molar-refractivity contribution in [1.82, 2.24) is 10.2 Å². The zero-order valence-electron chi connectivity index (χ0n) is 10.6. The number of aromatic hydroxyl groups is 1. The molecule has 4 rings (SSSR count). The first kappa shape index (κ1) is 12.8. The molecule has 3 saturated heterocycles. The fraction of sp³-hybridized carbons (Fsp3) is 0.500. The molecule has 3 aliphatic heterocycles. The number of hydrogen-bond donors (Lipinski definition) is 2. The molecule has 5 heteroatoms. The van der Waals surface area contributed by atoms with E-state index >= 15 is 0 Å². The van der Waals surface area contributed by atoms with Gasteiger partial charge >= 0.3 is 0 Å². The standard InChI is InChI=1S/C14H17ClN2O2/c15-11-7-10(1-2-13(11)18)14(19)16-12-8-17-5-3-9(12)4-6-17/h1-2,7,9,12,18H,3-6,8H2,(H,16,19). The van der Waals surface area contributed by atoms with Crippen LogP contribution in [0.5, 0.6) is 5.75 Å². The topological polar surface area (TPSA) is 52.6 Å². The molecule has 0 saturated carbocycles. The van der Waals surface area contributed by atoms with E-state index in [9.17, 15) is 9.90 Å². The third-order valence-corrected chi connectivity index (χ3v) is 4.49. The summed E-state index contributed by atoms with van der Waals surface area (Å²) in [5.41, 5.74) is 0.499. The molecule has 1 unspecified atom stereocenters. The number of rotatable bonds is 2. The quantitative estimate of drug-likeness (QED) is 0.870. The molecule has 3 fully saturated rings. The second-order valence-electron chi connectivity index (χ2n) is 5.38. The van der Waals surface area contributed by atoms with Crippen molar-refractivity contribution < 1.29 is 9.90 Å². The van der Waals surface area contributed by atoms with Crippen molar-refractivity contribution in [3.05, 3.63) is 28.8 Å². The van der Waals surface area contributed by atoms with Gasteiger partial charge in [-0.25, -0.2) is 0 Å². The van der Waals surface area contributed by atoms with Gasteiger partial charge in [0.05, 0.1) is 5.02 Å². The van der Waals surface area contributed by atoms with E-state index in [1.54, 1.807) is 6.07 Å². The molecule has 4 nitrogen and oxygen atoms in total. The number of benzene rings is 1. The number of amides is 1. The minimum Gasteiger partial charge on any atom is -0.506 e. The summed E-state index contributed by atoms with van der Waals surface area (Å²) < 4.78 is 0. The molecule has 0 spiro atoms. The lowest BCUT2D eigenvalue weighted by Gasteiger charge is -2.44.